The zero-order valence-electron chi connectivity index (χ0n) is 10.4. The summed E-state index contributed by atoms with van der Waals surface area (Å²) in [5.74, 6) is 0.726. The number of nitrogen functional groups attached to an aromatic ring is 1. The highest BCUT2D eigenvalue weighted by Crippen LogP contribution is 2.31. The quantitative estimate of drug-likeness (QED) is 0.924. The fourth-order valence-corrected chi connectivity index (χ4v) is 3.15. The smallest absolute Gasteiger partial charge is 0.0773 e. The summed E-state index contributed by atoms with van der Waals surface area (Å²) < 4.78 is 0.964. The van der Waals surface area contributed by atoms with Crippen molar-refractivity contribution >= 4 is 27.3 Å². The lowest BCUT2D eigenvalue weighted by molar-refractivity contribution is 0.396. The molecule has 0 aromatic carbocycles. The van der Waals surface area contributed by atoms with Gasteiger partial charge in [-0.1, -0.05) is 0 Å². The predicted molar refractivity (Wildman–Crippen MR) is 75.2 cm³/mol. The molecule has 2 N–H and O–H groups in total. The molecular weight excluding hydrogens is 280 g/mol. The number of hydrogen-bond donors (Lipinski definition) is 1. The second-order valence-corrected chi connectivity index (χ2v) is 5.71. The van der Waals surface area contributed by atoms with Gasteiger partial charge in [0.25, 0.3) is 0 Å². The SMILES string of the molecule is CN1CCC(CN(C)c2c(N)cncc2Br)C1. The minimum Gasteiger partial charge on any atom is -0.396 e. The van der Waals surface area contributed by atoms with E-state index in [0.717, 1.165) is 28.3 Å². The van der Waals surface area contributed by atoms with Crippen molar-refractivity contribution in [2.45, 2.75) is 6.42 Å². The first kappa shape index (κ1) is 12.6. The van der Waals surface area contributed by atoms with Crippen molar-refractivity contribution in [1.29, 1.82) is 0 Å². The Kier molecular flexibility index (Phi) is 3.89. The van der Waals surface area contributed by atoms with E-state index < -0.39 is 0 Å². The van der Waals surface area contributed by atoms with Crippen LogP contribution in [0.1, 0.15) is 6.42 Å². The third-order valence-corrected chi connectivity index (χ3v) is 3.88. The molecule has 0 spiro atoms. The minimum atomic E-state index is 0.726. The fourth-order valence-electron chi connectivity index (χ4n) is 2.50. The molecule has 0 saturated carbocycles. The van der Waals surface area contributed by atoms with Crippen LogP contribution in [0.2, 0.25) is 0 Å². The summed E-state index contributed by atoms with van der Waals surface area (Å²) >= 11 is 3.51. The molecule has 0 bridgehead atoms. The van der Waals surface area contributed by atoms with Crippen LogP contribution in [0.4, 0.5) is 11.4 Å². The number of nitrogens with zero attached hydrogens (tertiary/aromatic N) is 3. The fraction of sp³-hybridized carbons (Fsp3) is 0.583. The number of anilines is 2. The molecule has 0 radical (unpaired) electrons. The Balaban J connectivity index is 2.07. The van der Waals surface area contributed by atoms with Crippen molar-refractivity contribution in [2.75, 3.05) is 44.4 Å². The van der Waals surface area contributed by atoms with Crippen molar-refractivity contribution in [3.8, 4) is 0 Å². The minimum absolute atomic E-state index is 0.726. The molecule has 0 aliphatic carbocycles. The van der Waals surface area contributed by atoms with Crippen molar-refractivity contribution in [1.82, 2.24) is 9.88 Å². The second-order valence-electron chi connectivity index (χ2n) is 4.86. The zero-order chi connectivity index (χ0) is 12.4. The maximum Gasteiger partial charge on any atom is 0.0773 e. The van der Waals surface area contributed by atoms with Crippen LogP contribution in [-0.2, 0) is 0 Å². The Morgan fingerprint density at radius 1 is 1.59 bits per heavy atom. The van der Waals surface area contributed by atoms with E-state index >= 15 is 0 Å². The first-order chi connectivity index (χ1) is 8.08. The molecular formula is C12H19BrN4. The first-order valence-corrected chi connectivity index (χ1v) is 6.66. The van der Waals surface area contributed by atoms with E-state index in [9.17, 15) is 0 Å². The van der Waals surface area contributed by atoms with Gasteiger partial charge in [-0.05, 0) is 41.9 Å². The van der Waals surface area contributed by atoms with E-state index in [1.807, 2.05) is 0 Å². The summed E-state index contributed by atoms with van der Waals surface area (Å²) in [6, 6.07) is 0. The van der Waals surface area contributed by atoms with Gasteiger partial charge in [0.05, 0.1) is 22.0 Å². The van der Waals surface area contributed by atoms with Gasteiger partial charge in [-0.2, -0.15) is 0 Å². The monoisotopic (exact) mass is 298 g/mol. The van der Waals surface area contributed by atoms with Crippen LogP contribution in [0.5, 0.6) is 0 Å². The van der Waals surface area contributed by atoms with Gasteiger partial charge in [-0.3, -0.25) is 4.98 Å². The van der Waals surface area contributed by atoms with Crippen molar-refractivity contribution in [2.24, 2.45) is 5.92 Å². The largest absolute Gasteiger partial charge is 0.396 e. The van der Waals surface area contributed by atoms with Crippen molar-refractivity contribution in [3.63, 3.8) is 0 Å². The molecule has 17 heavy (non-hydrogen) atoms. The van der Waals surface area contributed by atoms with Gasteiger partial charge >= 0.3 is 0 Å². The molecule has 1 aliphatic heterocycles. The summed E-state index contributed by atoms with van der Waals surface area (Å²) in [6.45, 7) is 3.41. The second kappa shape index (κ2) is 5.23. The number of pyridine rings is 1. The van der Waals surface area contributed by atoms with Crippen molar-refractivity contribution in [3.05, 3.63) is 16.9 Å². The highest BCUT2D eigenvalue weighted by Gasteiger charge is 2.22. The van der Waals surface area contributed by atoms with Gasteiger partial charge in [0.15, 0.2) is 0 Å². The third-order valence-electron chi connectivity index (χ3n) is 3.30. The average molecular weight is 299 g/mol. The van der Waals surface area contributed by atoms with Crippen LogP contribution in [0.3, 0.4) is 0 Å². The molecule has 5 heteroatoms. The maximum absolute atomic E-state index is 5.98. The number of halogens is 1. The van der Waals surface area contributed by atoms with Gasteiger partial charge in [0.2, 0.25) is 0 Å². The lowest BCUT2D eigenvalue weighted by Crippen LogP contribution is -2.28. The number of aromatic nitrogens is 1. The molecule has 1 aromatic heterocycles. The van der Waals surface area contributed by atoms with Gasteiger partial charge < -0.3 is 15.5 Å². The standard InChI is InChI=1S/C12H19BrN4/c1-16-4-3-9(7-16)8-17(2)12-10(13)5-15-6-11(12)14/h5-6,9H,3-4,7-8,14H2,1-2H3. The molecule has 1 atom stereocenters. The normalized spacial score (nSPS) is 20.8. The Morgan fingerprint density at radius 3 is 2.94 bits per heavy atom. The first-order valence-electron chi connectivity index (χ1n) is 5.86. The number of nitrogens with two attached hydrogens (primary N) is 1. The molecule has 4 nitrogen and oxygen atoms in total. The Morgan fingerprint density at radius 2 is 2.35 bits per heavy atom. The lowest BCUT2D eigenvalue weighted by atomic mass is 10.1. The summed E-state index contributed by atoms with van der Waals surface area (Å²) in [6.07, 6.45) is 4.77. The summed E-state index contributed by atoms with van der Waals surface area (Å²) in [5, 5.41) is 0. The number of hydrogen-bond acceptors (Lipinski definition) is 4. The van der Waals surface area contributed by atoms with E-state index in [1.54, 1.807) is 12.4 Å². The average Bonchev–Trinajstić information content (AvgIpc) is 2.63. The van der Waals surface area contributed by atoms with E-state index in [0.29, 0.717) is 0 Å². The van der Waals surface area contributed by atoms with Crippen molar-refractivity contribution < 1.29 is 0 Å². The Labute approximate surface area is 111 Å². The summed E-state index contributed by atoms with van der Waals surface area (Å²) in [4.78, 5) is 8.67. The van der Waals surface area contributed by atoms with Gasteiger partial charge in [-0.25, -0.2) is 0 Å². The van der Waals surface area contributed by atoms with Gasteiger partial charge in [-0.15, -0.1) is 0 Å². The lowest BCUT2D eigenvalue weighted by Gasteiger charge is -2.25. The summed E-state index contributed by atoms with van der Waals surface area (Å²) in [5.41, 5.74) is 7.76. The molecule has 1 aromatic rings. The topological polar surface area (TPSA) is 45.4 Å². The molecule has 1 aliphatic rings. The molecule has 2 rings (SSSR count). The molecule has 1 fully saturated rings. The number of rotatable bonds is 3. The van der Waals surface area contributed by atoms with E-state index in [1.165, 1.54) is 19.5 Å². The molecule has 2 heterocycles. The third kappa shape index (κ3) is 2.90. The highest BCUT2D eigenvalue weighted by atomic mass is 79.9. The zero-order valence-corrected chi connectivity index (χ0v) is 11.9. The maximum atomic E-state index is 5.98. The van der Waals surface area contributed by atoms with Crippen LogP contribution in [-0.4, -0.2) is 43.6 Å². The summed E-state index contributed by atoms with van der Waals surface area (Å²) in [7, 11) is 4.27. The van der Waals surface area contributed by atoms with E-state index in [2.05, 4.69) is 44.8 Å². The van der Waals surface area contributed by atoms with E-state index in [-0.39, 0.29) is 0 Å². The van der Waals surface area contributed by atoms with Crippen LogP contribution in [0.15, 0.2) is 16.9 Å². The highest BCUT2D eigenvalue weighted by molar-refractivity contribution is 9.10. The predicted octanol–water partition coefficient (Wildman–Crippen LogP) is 1.81. The van der Waals surface area contributed by atoms with Crippen LogP contribution in [0.25, 0.3) is 0 Å². The molecule has 94 valence electrons. The van der Waals surface area contributed by atoms with Crippen LogP contribution < -0.4 is 10.6 Å². The molecule has 1 unspecified atom stereocenters. The van der Waals surface area contributed by atoms with E-state index in [4.69, 9.17) is 5.73 Å². The Bertz CT molecular complexity index is 376. The van der Waals surface area contributed by atoms with Crippen LogP contribution in [0, 0.1) is 5.92 Å². The van der Waals surface area contributed by atoms with Crippen LogP contribution >= 0.6 is 15.9 Å². The Hall–Kier alpha value is -0.810. The number of likely N-dealkylation sites (tertiary alicyclic amines) is 1. The molecule has 0 amide bonds. The van der Waals surface area contributed by atoms with Gasteiger partial charge in [0, 0.05) is 26.3 Å². The van der Waals surface area contributed by atoms with Gasteiger partial charge in [0.1, 0.15) is 0 Å². The molecule has 1 saturated heterocycles.